The second-order valence-electron chi connectivity index (χ2n) is 4.82. The van der Waals surface area contributed by atoms with Crippen molar-refractivity contribution >= 4 is 23.4 Å². The van der Waals surface area contributed by atoms with E-state index in [0.717, 1.165) is 49.2 Å². The summed E-state index contributed by atoms with van der Waals surface area (Å²) < 4.78 is 5.36. The summed E-state index contributed by atoms with van der Waals surface area (Å²) in [6.07, 6.45) is 3.43. The molecule has 1 aromatic rings. The quantitative estimate of drug-likeness (QED) is 0.840. The molecule has 1 heterocycles. The van der Waals surface area contributed by atoms with E-state index in [1.54, 1.807) is 11.8 Å². The zero-order valence-corrected chi connectivity index (χ0v) is 12.1. The van der Waals surface area contributed by atoms with E-state index < -0.39 is 0 Å². The van der Waals surface area contributed by atoms with Crippen LogP contribution < -0.4 is 5.73 Å². The number of hydrogen-bond acceptors (Lipinski definition) is 3. The van der Waals surface area contributed by atoms with Crippen molar-refractivity contribution < 1.29 is 4.74 Å². The van der Waals surface area contributed by atoms with Crippen molar-refractivity contribution in [3.63, 3.8) is 0 Å². The van der Waals surface area contributed by atoms with E-state index in [1.807, 2.05) is 18.2 Å². The van der Waals surface area contributed by atoms with E-state index >= 15 is 0 Å². The molecule has 0 bridgehead atoms. The fraction of sp³-hybridized carbons (Fsp3) is 0.571. The zero-order chi connectivity index (χ0) is 12.8. The van der Waals surface area contributed by atoms with E-state index in [2.05, 4.69) is 6.07 Å². The monoisotopic (exact) mass is 285 g/mol. The molecule has 1 fully saturated rings. The van der Waals surface area contributed by atoms with Crippen LogP contribution in [0.3, 0.4) is 0 Å². The highest BCUT2D eigenvalue weighted by atomic mass is 35.5. The van der Waals surface area contributed by atoms with E-state index in [-0.39, 0.29) is 6.04 Å². The van der Waals surface area contributed by atoms with Crippen molar-refractivity contribution in [2.45, 2.75) is 30.2 Å². The SMILES string of the molecule is NC(CSc1cccc(Cl)c1)CC1CCOCC1. The molecule has 1 atom stereocenters. The molecule has 0 saturated carbocycles. The van der Waals surface area contributed by atoms with Crippen molar-refractivity contribution in [2.24, 2.45) is 11.7 Å². The third-order valence-electron chi connectivity index (χ3n) is 3.24. The summed E-state index contributed by atoms with van der Waals surface area (Å²) in [4.78, 5) is 1.20. The lowest BCUT2D eigenvalue weighted by atomic mass is 9.93. The van der Waals surface area contributed by atoms with Gasteiger partial charge in [-0.1, -0.05) is 17.7 Å². The van der Waals surface area contributed by atoms with Crippen LogP contribution in [0.4, 0.5) is 0 Å². The van der Waals surface area contributed by atoms with Crippen LogP contribution in [0, 0.1) is 5.92 Å². The van der Waals surface area contributed by atoms with Gasteiger partial charge in [0.15, 0.2) is 0 Å². The smallest absolute Gasteiger partial charge is 0.0468 e. The summed E-state index contributed by atoms with van der Waals surface area (Å²) in [5, 5.41) is 0.790. The number of hydrogen-bond donors (Lipinski definition) is 1. The van der Waals surface area contributed by atoms with E-state index in [1.165, 1.54) is 4.90 Å². The molecule has 100 valence electrons. The third kappa shape index (κ3) is 4.81. The van der Waals surface area contributed by atoms with Gasteiger partial charge in [0.2, 0.25) is 0 Å². The molecule has 1 aliphatic rings. The maximum absolute atomic E-state index is 6.20. The maximum Gasteiger partial charge on any atom is 0.0468 e. The van der Waals surface area contributed by atoms with Gasteiger partial charge in [-0.05, 0) is 43.4 Å². The van der Waals surface area contributed by atoms with Crippen molar-refractivity contribution in [1.29, 1.82) is 0 Å². The van der Waals surface area contributed by atoms with E-state index in [0.29, 0.717) is 0 Å². The topological polar surface area (TPSA) is 35.2 Å². The third-order valence-corrected chi connectivity index (χ3v) is 4.65. The standard InChI is InChI=1S/C14H20ClNOS/c15-12-2-1-3-14(9-12)18-10-13(16)8-11-4-6-17-7-5-11/h1-3,9,11,13H,4-8,10,16H2. The summed E-state index contributed by atoms with van der Waals surface area (Å²) >= 11 is 7.75. The predicted octanol–water partition coefficient (Wildman–Crippen LogP) is 3.58. The number of ether oxygens (including phenoxy) is 1. The highest BCUT2D eigenvalue weighted by Gasteiger charge is 2.17. The minimum atomic E-state index is 0.261. The Bertz CT molecular complexity index is 369. The highest BCUT2D eigenvalue weighted by Crippen LogP contribution is 2.25. The molecule has 2 rings (SSSR count). The molecule has 1 aliphatic heterocycles. The van der Waals surface area contributed by atoms with Crippen LogP contribution in [0.5, 0.6) is 0 Å². The van der Waals surface area contributed by atoms with Gasteiger partial charge in [0.05, 0.1) is 0 Å². The number of benzene rings is 1. The van der Waals surface area contributed by atoms with Crippen LogP contribution >= 0.6 is 23.4 Å². The Morgan fingerprint density at radius 1 is 1.39 bits per heavy atom. The number of nitrogens with two attached hydrogens (primary N) is 1. The van der Waals surface area contributed by atoms with Gasteiger partial charge in [0.25, 0.3) is 0 Å². The van der Waals surface area contributed by atoms with Gasteiger partial charge in [-0.3, -0.25) is 0 Å². The second-order valence-corrected chi connectivity index (χ2v) is 6.35. The minimum absolute atomic E-state index is 0.261. The number of rotatable bonds is 5. The van der Waals surface area contributed by atoms with Crippen LogP contribution in [-0.4, -0.2) is 25.0 Å². The maximum atomic E-state index is 6.20. The Kier molecular flexibility index (Phi) is 5.83. The van der Waals surface area contributed by atoms with Crippen molar-refractivity contribution in [3.05, 3.63) is 29.3 Å². The zero-order valence-electron chi connectivity index (χ0n) is 10.5. The number of halogens is 1. The molecule has 0 radical (unpaired) electrons. The van der Waals surface area contributed by atoms with Gasteiger partial charge in [0.1, 0.15) is 0 Å². The van der Waals surface area contributed by atoms with Gasteiger partial charge in [-0.25, -0.2) is 0 Å². The van der Waals surface area contributed by atoms with Gasteiger partial charge in [-0.2, -0.15) is 0 Å². The molecule has 4 heteroatoms. The molecule has 0 spiro atoms. The van der Waals surface area contributed by atoms with E-state index in [9.17, 15) is 0 Å². The van der Waals surface area contributed by atoms with Crippen LogP contribution in [0.1, 0.15) is 19.3 Å². The van der Waals surface area contributed by atoms with E-state index in [4.69, 9.17) is 22.1 Å². The fourth-order valence-corrected chi connectivity index (χ4v) is 3.42. The van der Waals surface area contributed by atoms with Crippen LogP contribution in [0.25, 0.3) is 0 Å². The average Bonchev–Trinajstić information content (AvgIpc) is 2.38. The first-order valence-electron chi connectivity index (χ1n) is 6.46. The Morgan fingerprint density at radius 3 is 2.89 bits per heavy atom. The molecule has 0 aliphatic carbocycles. The number of thioether (sulfide) groups is 1. The first kappa shape index (κ1) is 14.2. The molecule has 2 nitrogen and oxygen atoms in total. The lowest BCUT2D eigenvalue weighted by Crippen LogP contribution is -2.28. The second kappa shape index (κ2) is 7.39. The average molecular weight is 286 g/mol. The first-order chi connectivity index (χ1) is 8.74. The molecule has 1 unspecified atom stereocenters. The molecular formula is C14H20ClNOS. The fourth-order valence-electron chi connectivity index (χ4n) is 2.24. The minimum Gasteiger partial charge on any atom is -0.381 e. The van der Waals surface area contributed by atoms with Crippen molar-refractivity contribution in [2.75, 3.05) is 19.0 Å². The Labute approximate surface area is 118 Å². The van der Waals surface area contributed by atoms with Crippen LogP contribution in [0.15, 0.2) is 29.2 Å². The van der Waals surface area contributed by atoms with Crippen LogP contribution in [0.2, 0.25) is 5.02 Å². The summed E-state index contributed by atoms with van der Waals surface area (Å²) in [5.74, 6) is 1.70. The van der Waals surface area contributed by atoms with Crippen molar-refractivity contribution in [3.8, 4) is 0 Å². The molecule has 2 N–H and O–H groups in total. The van der Waals surface area contributed by atoms with Crippen molar-refractivity contribution in [1.82, 2.24) is 0 Å². The molecule has 1 aromatic carbocycles. The lowest BCUT2D eigenvalue weighted by molar-refractivity contribution is 0.0625. The van der Waals surface area contributed by atoms with Gasteiger partial charge in [0, 0.05) is 34.9 Å². The summed E-state index contributed by atoms with van der Waals surface area (Å²) in [5.41, 5.74) is 6.20. The molecule has 0 aromatic heterocycles. The summed E-state index contributed by atoms with van der Waals surface area (Å²) in [7, 11) is 0. The first-order valence-corrected chi connectivity index (χ1v) is 7.82. The Hall–Kier alpha value is -0.220. The Balaban J connectivity index is 1.72. The normalized spacial score (nSPS) is 18.8. The van der Waals surface area contributed by atoms with Gasteiger partial charge in [-0.15, -0.1) is 11.8 Å². The molecule has 0 amide bonds. The molecular weight excluding hydrogens is 266 g/mol. The summed E-state index contributed by atoms with van der Waals surface area (Å²) in [6, 6.07) is 8.21. The van der Waals surface area contributed by atoms with Crippen LogP contribution in [-0.2, 0) is 4.74 Å². The van der Waals surface area contributed by atoms with Gasteiger partial charge >= 0.3 is 0 Å². The lowest BCUT2D eigenvalue weighted by Gasteiger charge is -2.24. The predicted molar refractivity (Wildman–Crippen MR) is 78.3 cm³/mol. The summed E-state index contributed by atoms with van der Waals surface area (Å²) in [6.45, 7) is 1.80. The molecule has 18 heavy (non-hydrogen) atoms. The molecule has 1 saturated heterocycles. The Morgan fingerprint density at radius 2 is 2.17 bits per heavy atom. The largest absolute Gasteiger partial charge is 0.381 e. The highest BCUT2D eigenvalue weighted by molar-refractivity contribution is 7.99. The van der Waals surface area contributed by atoms with Gasteiger partial charge < -0.3 is 10.5 Å².